The van der Waals surface area contributed by atoms with Crippen LogP contribution in [0, 0.1) is 0 Å². The quantitative estimate of drug-likeness (QED) is 0.400. The fourth-order valence-corrected chi connectivity index (χ4v) is 2.43. The second-order valence-corrected chi connectivity index (χ2v) is 6.17. The van der Waals surface area contributed by atoms with Gasteiger partial charge in [0.25, 0.3) is 11.8 Å². The van der Waals surface area contributed by atoms with Gasteiger partial charge in [0, 0.05) is 6.42 Å². The molecule has 9 nitrogen and oxygen atoms in total. The molecule has 3 amide bonds. The lowest BCUT2D eigenvalue weighted by Crippen LogP contribution is -2.47. The molecule has 0 radical (unpaired) electrons. The minimum Gasteiger partial charge on any atom is -0.484 e. The lowest BCUT2D eigenvalue weighted by Gasteiger charge is -2.16. The van der Waals surface area contributed by atoms with Crippen molar-refractivity contribution >= 4 is 24.1 Å². The summed E-state index contributed by atoms with van der Waals surface area (Å²) >= 11 is 0. The summed E-state index contributed by atoms with van der Waals surface area (Å²) in [5.41, 5.74) is 9.02. The summed E-state index contributed by atoms with van der Waals surface area (Å²) in [7, 11) is 0. The highest BCUT2D eigenvalue weighted by molar-refractivity contribution is 5.87. The Bertz CT molecular complexity index is 869. The van der Waals surface area contributed by atoms with E-state index in [1.165, 1.54) is 6.21 Å². The Kier molecular flexibility index (Phi) is 8.85. The Morgan fingerprint density at radius 2 is 1.80 bits per heavy atom. The molecule has 0 saturated carbocycles. The Labute approximate surface area is 174 Å². The molecule has 0 unspecified atom stereocenters. The number of carbonyl (C=O) groups is 3. The molecule has 4 N–H and O–H groups in total. The zero-order valence-corrected chi connectivity index (χ0v) is 16.5. The number of benzene rings is 2. The predicted octanol–water partition coefficient (Wildman–Crippen LogP) is 1.36. The SMILES string of the molecule is CCOC(=O)N[C@H](Cc1ccccc1)C(=O)N/N=C\c1ccc(OCC(N)=O)cc1. The van der Waals surface area contributed by atoms with Crippen LogP contribution < -0.4 is 21.2 Å². The molecule has 2 aromatic carbocycles. The van der Waals surface area contributed by atoms with Gasteiger partial charge in [-0.3, -0.25) is 9.59 Å². The van der Waals surface area contributed by atoms with E-state index in [0.29, 0.717) is 11.3 Å². The maximum absolute atomic E-state index is 12.5. The zero-order chi connectivity index (χ0) is 21.8. The normalized spacial score (nSPS) is 11.5. The summed E-state index contributed by atoms with van der Waals surface area (Å²) in [5.74, 6) is -0.564. The molecule has 0 aliphatic rings. The highest BCUT2D eigenvalue weighted by Gasteiger charge is 2.21. The van der Waals surface area contributed by atoms with Crippen molar-refractivity contribution in [3.63, 3.8) is 0 Å². The van der Waals surface area contributed by atoms with Crippen LogP contribution in [0.15, 0.2) is 59.7 Å². The standard InChI is InChI=1S/C21H24N4O5/c1-2-29-21(28)24-18(12-15-6-4-3-5-7-15)20(27)25-23-13-16-8-10-17(11-9-16)30-14-19(22)26/h3-11,13,18H,2,12,14H2,1H3,(H2,22,26)(H,24,28)(H,25,27)/b23-13-/t18-/m1/s1. The fraction of sp³-hybridized carbons (Fsp3) is 0.238. The number of alkyl carbamates (subject to hydrolysis) is 1. The van der Waals surface area contributed by atoms with Crippen LogP contribution in [0.5, 0.6) is 5.75 Å². The van der Waals surface area contributed by atoms with E-state index >= 15 is 0 Å². The first-order valence-corrected chi connectivity index (χ1v) is 9.29. The van der Waals surface area contributed by atoms with Crippen molar-refractivity contribution in [2.75, 3.05) is 13.2 Å². The number of nitrogens with two attached hydrogens (primary N) is 1. The van der Waals surface area contributed by atoms with E-state index in [-0.39, 0.29) is 19.6 Å². The van der Waals surface area contributed by atoms with Crippen molar-refractivity contribution in [1.29, 1.82) is 0 Å². The first-order chi connectivity index (χ1) is 14.5. The van der Waals surface area contributed by atoms with Crippen molar-refractivity contribution in [3.05, 3.63) is 65.7 Å². The number of nitrogens with one attached hydrogen (secondary N) is 2. The monoisotopic (exact) mass is 412 g/mol. The number of primary amides is 1. The number of carbonyl (C=O) groups excluding carboxylic acids is 3. The van der Waals surface area contributed by atoms with E-state index in [4.69, 9.17) is 15.2 Å². The van der Waals surface area contributed by atoms with Gasteiger partial charge in [-0.2, -0.15) is 5.10 Å². The van der Waals surface area contributed by atoms with Gasteiger partial charge in [-0.1, -0.05) is 30.3 Å². The van der Waals surface area contributed by atoms with Gasteiger partial charge in [0.1, 0.15) is 11.8 Å². The highest BCUT2D eigenvalue weighted by atomic mass is 16.5. The lowest BCUT2D eigenvalue weighted by molar-refractivity contribution is -0.123. The maximum Gasteiger partial charge on any atom is 0.407 e. The largest absolute Gasteiger partial charge is 0.484 e. The maximum atomic E-state index is 12.5. The molecule has 2 rings (SSSR count). The first kappa shape index (κ1) is 22.4. The van der Waals surface area contributed by atoms with Crippen LogP contribution >= 0.6 is 0 Å². The minimum absolute atomic E-state index is 0.197. The molecule has 158 valence electrons. The van der Waals surface area contributed by atoms with E-state index in [2.05, 4.69) is 15.8 Å². The van der Waals surface area contributed by atoms with Gasteiger partial charge in [0.2, 0.25) is 0 Å². The van der Waals surface area contributed by atoms with Gasteiger partial charge in [-0.15, -0.1) is 0 Å². The number of amides is 3. The second kappa shape index (κ2) is 11.8. The van der Waals surface area contributed by atoms with E-state index < -0.39 is 23.9 Å². The Morgan fingerprint density at radius 1 is 1.10 bits per heavy atom. The summed E-state index contributed by atoms with van der Waals surface area (Å²) in [4.78, 5) is 35.0. The van der Waals surface area contributed by atoms with Gasteiger partial charge in [0.05, 0.1) is 12.8 Å². The van der Waals surface area contributed by atoms with Gasteiger partial charge in [0.15, 0.2) is 6.61 Å². The third-order valence-electron chi connectivity index (χ3n) is 3.82. The predicted molar refractivity (Wildman–Crippen MR) is 111 cm³/mol. The van der Waals surface area contributed by atoms with Crippen molar-refractivity contribution in [1.82, 2.24) is 10.7 Å². The molecule has 9 heteroatoms. The van der Waals surface area contributed by atoms with Crippen LogP contribution in [0.2, 0.25) is 0 Å². The van der Waals surface area contributed by atoms with Crippen LogP contribution in [0.3, 0.4) is 0 Å². The van der Waals surface area contributed by atoms with Crippen LogP contribution in [0.1, 0.15) is 18.1 Å². The molecule has 0 fully saturated rings. The third-order valence-corrected chi connectivity index (χ3v) is 3.82. The highest BCUT2D eigenvalue weighted by Crippen LogP contribution is 2.10. The molecule has 0 bridgehead atoms. The molecule has 30 heavy (non-hydrogen) atoms. The van der Waals surface area contributed by atoms with Crippen molar-refractivity contribution in [2.45, 2.75) is 19.4 Å². The topological polar surface area (TPSA) is 132 Å². The minimum atomic E-state index is -0.854. The number of hydrogen-bond acceptors (Lipinski definition) is 6. The average Bonchev–Trinajstić information content (AvgIpc) is 2.73. The third kappa shape index (κ3) is 8.01. The summed E-state index contributed by atoms with van der Waals surface area (Å²) in [6, 6.07) is 15.1. The average molecular weight is 412 g/mol. The van der Waals surface area contributed by atoms with E-state index in [0.717, 1.165) is 5.56 Å². The smallest absolute Gasteiger partial charge is 0.407 e. The van der Waals surface area contributed by atoms with Gasteiger partial charge in [-0.05, 0) is 42.3 Å². The number of nitrogens with zero attached hydrogens (tertiary/aromatic N) is 1. The van der Waals surface area contributed by atoms with Crippen molar-refractivity contribution in [3.8, 4) is 5.75 Å². The van der Waals surface area contributed by atoms with E-state index in [1.54, 1.807) is 31.2 Å². The molecule has 0 saturated heterocycles. The number of hydrazone groups is 1. The van der Waals surface area contributed by atoms with E-state index in [9.17, 15) is 14.4 Å². The number of rotatable bonds is 10. The molecule has 1 atom stereocenters. The van der Waals surface area contributed by atoms with Gasteiger partial charge < -0.3 is 20.5 Å². The second-order valence-electron chi connectivity index (χ2n) is 6.17. The summed E-state index contributed by atoms with van der Waals surface area (Å²) in [5, 5.41) is 6.47. The molecule has 0 heterocycles. The molecule has 2 aromatic rings. The van der Waals surface area contributed by atoms with Crippen LogP contribution in [0.25, 0.3) is 0 Å². The molecule has 0 aromatic heterocycles. The molecule has 0 aliphatic carbocycles. The Hall–Kier alpha value is -3.88. The van der Waals surface area contributed by atoms with Gasteiger partial charge in [-0.25, -0.2) is 10.2 Å². The Balaban J connectivity index is 1.96. The van der Waals surface area contributed by atoms with Crippen molar-refractivity contribution < 1.29 is 23.9 Å². The molecule has 0 aliphatic heterocycles. The van der Waals surface area contributed by atoms with Crippen LogP contribution in [-0.4, -0.2) is 43.4 Å². The van der Waals surface area contributed by atoms with Crippen LogP contribution in [0.4, 0.5) is 4.79 Å². The van der Waals surface area contributed by atoms with Crippen molar-refractivity contribution in [2.24, 2.45) is 10.8 Å². The number of ether oxygens (including phenoxy) is 2. The number of hydrogen-bond donors (Lipinski definition) is 3. The molecule has 0 spiro atoms. The summed E-state index contributed by atoms with van der Waals surface area (Å²) in [6.07, 6.45) is 1.05. The summed E-state index contributed by atoms with van der Waals surface area (Å²) < 4.78 is 10.0. The molecular formula is C21H24N4O5. The zero-order valence-electron chi connectivity index (χ0n) is 16.5. The van der Waals surface area contributed by atoms with E-state index in [1.807, 2.05) is 30.3 Å². The van der Waals surface area contributed by atoms with Crippen LogP contribution in [-0.2, 0) is 20.7 Å². The summed E-state index contributed by atoms with van der Waals surface area (Å²) in [6.45, 7) is 1.67. The Morgan fingerprint density at radius 3 is 2.43 bits per heavy atom. The fourth-order valence-electron chi connectivity index (χ4n) is 2.43. The lowest BCUT2D eigenvalue weighted by atomic mass is 10.1. The first-order valence-electron chi connectivity index (χ1n) is 9.29. The van der Waals surface area contributed by atoms with Gasteiger partial charge >= 0.3 is 6.09 Å². The molecular weight excluding hydrogens is 388 g/mol.